The van der Waals surface area contributed by atoms with E-state index >= 15 is 0 Å². The van der Waals surface area contributed by atoms with Crippen LogP contribution in [0.2, 0.25) is 0 Å². The van der Waals surface area contributed by atoms with Gasteiger partial charge < -0.3 is 5.73 Å². The number of pyridine rings is 1. The second-order valence-corrected chi connectivity index (χ2v) is 3.05. The summed E-state index contributed by atoms with van der Waals surface area (Å²) < 4.78 is 2.67. The molecule has 2 rings (SSSR count). The van der Waals surface area contributed by atoms with Gasteiger partial charge in [-0.2, -0.15) is 0 Å². The van der Waals surface area contributed by atoms with Crippen molar-refractivity contribution < 1.29 is 0 Å². The molecule has 0 atom stereocenters. The lowest BCUT2D eigenvalue weighted by Gasteiger charge is -1.93. The van der Waals surface area contributed by atoms with Crippen LogP contribution in [0.25, 0.3) is 5.65 Å². The Hall–Kier alpha value is -1.10. The third-order valence-electron chi connectivity index (χ3n) is 1.39. The minimum Gasteiger partial charge on any atom is -0.368 e. The summed E-state index contributed by atoms with van der Waals surface area (Å²) in [4.78, 5) is 0. The zero-order valence-electron chi connectivity index (χ0n) is 5.53. The van der Waals surface area contributed by atoms with E-state index in [1.165, 1.54) is 0 Å². The predicted molar refractivity (Wildman–Crippen MR) is 45.1 cm³/mol. The number of rotatable bonds is 0. The topological polar surface area (TPSA) is 56.2 Å². The molecule has 0 saturated heterocycles. The van der Waals surface area contributed by atoms with E-state index in [0.717, 1.165) is 10.1 Å². The van der Waals surface area contributed by atoms with Gasteiger partial charge in [0.05, 0.1) is 0 Å². The van der Waals surface area contributed by atoms with Crippen LogP contribution < -0.4 is 5.73 Å². The number of anilines is 1. The van der Waals surface area contributed by atoms with Gasteiger partial charge >= 0.3 is 0 Å². The molecule has 0 spiro atoms. The summed E-state index contributed by atoms with van der Waals surface area (Å²) in [5.41, 5.74) is 6.27. The summed E-state index contributed by atoms with van der Waals surface area (Å²) >= 11 is 3.32. The molecular formula is C6H5BrN4. The molecule has 5 heteroatoms. The molecule has 0 radical (unpaired) electrons. The van der Waals surface area contributed by atoms with Gasteiger partial charge in [-0.15, -0.1) is 10.2 Å². The van der Waals surface area contributed by atoms with Gasteiger partial charge in [0, 0.05) is 10.7 Å². The first-order valence-corrected chi connectivity index (χ1v) is 3.82. The molecule has 0 saturated carbocycles. The number of hydrogen-bond donors (Lipinski definition) is 1. The number of aromatic nitrogens is 3. The first-order valence-electron chi connectivity index (χ1n) is 3.03. The monoisotopic (exact) mass is 212 g/mol. The van der Waals surface area contributed by atoms with Crippen molar-refractivity contribution in [2.45, 2.75) is 0 Å². The third-order valence-corrected chi connectivity index (χ3v) is 1.86. The van der Waals surface area contributed by atoms with Crippen LogP contribution in [0.4, 0.5) is 5.95 Å². The highest BCUT2D eigenvalue weighted by Gasteiger charge is 1.99. The SMILES string of the molecule is Nc1nnc2ccc(Br)cn12. The number of nitrogens with two attached hydrogens (primary N) is 1. The van der Waals surface area contributed by atoms with E-state index in [-0.39, 0.29) is 0 Å². The Bertz CT molecular complexity index is 394. The van der Waals surface area contributed by atoms with Gasteiger partial charge in [0.1, 0.15) is 0 Å². The average molecular weight is 213 g/mol. The summed E-state index contributed by atoms with van der Waals surface area (Å²) in [5, 5.41) is 7.53. The second-order valence-electron chi connectivity index (χ2n) is 2.13. The molecule has 2 heterocycles. The maximum Gasteiger partial charge on any atom is 0.226 e. The zero-order valence-corrected chi connectivity index (χ0v) is 7.12. The Kier molecular flexibility index (Phi) is 1.32. The van der Waals surface area contributed by atoms with Gasteiger partial charge in [-0.3, -0.25) is 4.40 Å². The van der Waals surface area contributed by atoms with Crippen LogP contribution in [0.5, 0.6) is 0 Å². The fourth-order valence-electron chi connectivity index (χ4n) is 0.883. The van der Waals surface area contributed by atoms with E-state index in [1.54, 1.807) is 4.40 Å². The van der Waals surface area contributed by atoms with Gasteiger partial charge in [-0.25, -0.2) is 0 Å². The van der Waals surface area contributed by atoms with Gasteiger partial charge in [0.25, 0.3) is 0 Å². The molecule has 0 fully saturated rings. The lowest BCUT2D eigenvalue weighted by molar-refractivity contribution is 1.12. The molecule has 0 aromatic carbocycles. The molecule has 0 bridgehead atoms. The summed E-state index contributed by atoms with van der Waals surface area (Å²) in [6.07, 6.45) is 1.82. The maximum atomic E-state index is 5.51. The van der Waals surface area contributed by atoms with Crippen LogP contribution in [-0.2, 0) is 0 Å². The molecule has 11 heavy (non-hydrogen) atoms. The quantitative estimate of drug-likeness (QED) is 0.712. The number of fused-ring (bicyclic) bond motifs is 1. The fraction of sp³-hybridized carbons (Fsp3) is 0. The summed E-state index contributed by atoms with van der Waals surface area (Å²) in [6.45, 7) is 0. The summed E-state index contributed by atoms with van der Waals surface area (Å²) in [6, 6.07) is 3.73. The highest BCUT2D eigenvalue weighted by Crippen LogP contribution is 2.12. The lowest BCUT2D eigenvalue weighted by Crippen LogP contribution is -1.92. The van der Waals surface area contributed by atoms with Crippen molar-refractivity contribution in [3.63, 3.8) is 0 Å². The van der Waals surface area contributed by atoms with Crippen LogP contribution in [0.15, 0.2) is 22.8 Å². The van der Waals surface area contributed by atoms with E-state index in [1.807, 2.05) is 18.3 Å². The molecule has 4 nitrogen and oxygen atoms in total. The van der Waals surface area contributed by atoms with Crippen LogP contribution in [0.1, 0.15) is 0 Å². The standard InChI is InChI=1S/C6H5BrN4/c7-4-1-2-5-9-10-6(8)11(5)3-4/h1-3H,(H2,8,10). The Morgan fingerprint density at radius 2 is 2.18 bits per heavy atom. The van der Waals surface area contributed by atoms with Gasteiger partial charge in [0.15, 0.2) is 5.65 Å². The molecule has 2 aromatic rings. The van der Waals surface area contributed by atoms with Crippen LogP contribution >= 0.6 is 15.9 Å². The maximum absolute atomic E-state index is 5.51. The summed E-state index contributed by atoms with van der Waals surface area (Å²) in [7, 11) is 0. The van der Waals surface area contributed by atoms with Crippen molar-refractivity contribution in [2.75, 3.05) is 5.73 Å². The summed E-state index contributed by atoms with van der Waals surface area (Å²) in [5.74, 6) is 0.404. The molecule has 0 amide bonds. The number of nitrogens with zero attached hydrogens (tertiary/aromatic N) is 3. The van der Waals surface area contributed by atoms with Crippen LogP contribution in [-0.4, -0.2) is 14.6 Å². The fourth-order valence-corrected chi connectivity index (χ4v) is 1.22. The van der Waals surface area contributed by atoms with Crippen molar-refractivity contribution in [1.82, 2.24) is 14.6 Å². The largest absolute Gasteiger partial charge is 0.368 e. The van der Waals surface area contributed by atoms with E-state index in [4.69, 9.17) is 5.73 Å². The Morgan fingerprint density at radius 1 is 1.36 bits per heavy atom. The number of halogens is 1. The minimum atomic E-state index is 0.404. The molecule has 2 N–H and O–H groups in total. The zero-order chi connectivity index (χ0) is 7.84. The predicted octanol–water partition coefficient (Wildman–Crippen LogP) is 1.07. The lowest BCUT2D eigenvalue weighted by atomic mass is 10.5. The normalized spacial score (nSPS) is 10.6. The molecule has 0 unspecified atom stereocenters. The average Bonchev–Trinajstić information content (AvgIpc) is 2.33. The Morgan fingerprint density at radius 3 is 3.00 bits per heavy atom. The molecule has 2 aromatic heterocycles. The van der Waals surface area contributed by atoms with Gasteiger partial charge in [-0.05, 0) is 28.1 Å². The molecule has 56 valence electrons. The number of nitrogen functional groups attached to an aromatic ring is 1. The van der Waals surface area contributed by atoms with Crippen molar-refractivity contribution >= 4 is 27.5 Å². The van der Waals surface area contributed by atoms with E-state index in [9.17, 15) is 0 Å². The molecule has 0 aliphatic heterocycles. The van der Waals surface area contributed by atoms with Crippen molar-refractivity contribution in [3.8, 4) is 0 Å². The number of hydrogen-bond acceptors (Lipinski definition) is 3. The minimum absolute atomic E-state index is 0.404. The van der Waals surface area contributed by atoms with E-state index in [2.05, 4.69) is 26.1 Å². The molecule has 0 aliphatic carbocycles. The molecular weight excluding hydrogens is 208 g/mol. The van der Waals surface area contributed by atoms with E-state index < -0.39 is 0 Å². The first-order chi connectivity index (χ1) is 5.27. The molecule has 0 aliphatic rings. The Balaban J connectivity index is 2.87. The van der Waals surface area contributed by atoms with Crippen molar-refractivity contribution in [2.24, 2.45) is 0 Å². The van der Waals surface area contributed by atoms with Gasteiger partial charge in [0.2, 0.25) is 5.95 Å². The van der Waals surface area contributed by atoms with E-state index in [0.29, 0.717) is 5.95 Å². The first kappa shape index (κ1) is 6.60. The third kappa shape index (κ3) is 0.970. The highest BCUT2D eigenvalue weighted by atomic mass is 79.9. The smallest absolute Gasteiger partial charge is 0.226 e. The van der Waals surface area contributed by atoms with Crippen molar-refractivity contribution in [3.05, 3.63) is 22.8 Å². The second kappa shape index (κ2) is 2.20. The van der Waals surface area contributed by atoms with Crippen LogP contribution in [0.3, 0.4) is 0 Å². The van der Waals surface area contributed by atoms with Crippen LogP contribution in [0, 0.1) is 0 Å². The van der Waals surface area contributed by atoms with Gasteiger partial charge in [-0.1, -0.05) is 0 Å². The highest BCUT2D eigenvalue weighted by molar-refractivity contribution is 9.10. The Labute approximate surface area is 71.2 Å². The van der Waals surface area contributed by atoms with Crippen molar-refractivity contribution in [1.29, 1.82) is 0 Å².